The molecular weight excluding hydrogens is 228 g/mol. The average molecular weight is 246 g/mol. The zero-order valence-electron chi connectivity index (χ0n) is 10.5. The van der Waals surface area contributed by atoms with Crippen molar-refractivity contribution in [2.45, 2.75) is 6.04 Å². The van der Waals surface area contributed by atoms with E-state index < -0.39 is 0 Å². The van der Waals surface area contributed by atoms with Crippen molar-refractivity contribution in [1.29, 1.82) is 0 Å². The summed E-state index contributed by atoms with van der Waals surface area (Å²) in [6, 6.07) is 6.65. The number of aryl methyl sites for hydroxylation is 1. The number of hydrogen-bond acceptors (Lipinski definition) is 4. The van der Waals surface area contributed by atoms with E-state index in [0.717, 1.165) is 43.0 Å². The third-order valence-corrected chi connectivity index (χ3v) is 3.28. The highest BCUT2D eigenvalue weighted by Gasteiger charge is 2.12. The van der Waals surface area contributed by atoms with Gasteiger partial charge in [-0.1, -0.05) is 0 Å². The van der Waals surface area contributed by atoms with E-state index in [4.69, 9.17) is 4.74 Å². The molecule has 0 amide bonds. The van der Waals surface area contributed by atoms with Gasteiger partial charge in [0.1, 0.15) is 0 Å². The number of ether oxygens (including phenoxy) is 1. The summed E-state index contributed by atoms with van der Waals surface area (Å²) in [7, 11) is 2.01. The van der Waals surface area contributed by atoms with E-state index in [0.29, 0.717) is 6.04 Å². The van der Waals surface area contributed by atoms with Gasteiger partial charge < -0.3 is 19.9 Å². The molecule has 1 aromatic heterocycles. The number of aromatic nitrogens is 2. The molecule has 1 saturated heterocycles. The van der Waals surface area contributed by atoms with Gasteiger partial charge in [0.15, 0.2) is 0 Å². The fourth-order valence-corrected chi connectivity index (χ4v) is 2.24. The quantitative estimate of drug-likeness (QED) is 0.847. The first kappa shape index (κ1) is 11.5. The predicted octanol–water partition coefficient (Wildman–Crippen LogP) is 0.974. The van der Waals surface area contributed by atoms with Crippen molar-refractivity contribution in [2.75, 3.05) is 31.6 Å². The van der Waals surface area contributed by atoms with E-state index in [1.807, 2.05) is 17.9 Å². The fourth-order valence-electron chi connectivity index (χ4n) is 2.24. The SMILES string of the molecule is Cn1cnc2cc(NCC3COCCN3)ccc21. The maximum atomic E-state index is 5.43. The topological polar surface area (TPSA) is 51.1 Å². The Balaban J connectivity index is 1.66. The van der Waals surface area contributed by atoms with Gasteiger partial charge in [-0.05, 0) is 18.2 Å². The normalized spacial score (nSPS) is 20.2. The van der Waals surface area contributed by atoms with Crippen molar-refractivity contribution < 1.29 is 4.74 Å². The molecule has 2 aromatic rings. The predicted molar refractivity (Wildman–Crippen MR) is 71.8 cm³/mol. The number of fused-ring (bicyclic) bond motifs is 1. The summed E-state index contributed by atoms with van der Waals surface area (Å²) < 4.78 is 7.45. The van der Waals surface area contributed by atoms with E-state index in [9.17, 15) is 0 Å². The fraction of sp³-hybridized carbons (Fsp3) is 0.462. The number of hydrogen-bond donors (Lipinski definition) is 2. The Bertz CT molecular complexity index is 531. The van der Waals surface area contributed by atoms with Gasteiger partial charge in [0, 0.05) is 31.9 Å². The van der Waals surface area contributed by atoms with Crippen molar-refractivity contribution in [3.05, 3.63) is 24.5 Å². The van der Waals surface area contributed by atoms with E-state index in [1.165, 1.54) is 0 Å². The summed E-state index contributed by atoms with van der Waals surface area (Å²) in [5.41, 5.74) is 3.28. The Morgan fingerprint density at radius 3 is 3.33 bits per heavy atom. The van der Waals surface area contributed by atoms with Gasteiger partial charge in [-0.15, -0.1) is 0 Å². The third-order valence-electron chi connectivity index (χ3n) is 3.28. The van der Waals surface area contributed by atoms with Crippen LogP contribution >= 0.6 is 0 Å². The van der Waals surface area contributed by atoms with Crippen molar-refractivity contribution in [2.24, 2.45) is 7.05 Å². The van der Waals surface area contributed by atoms with Crippen LogP contribution in [0.4, 0.5) is 5.69 Å². The van der Waals surface area contributed by atoms with Crippen LogP contribution in [0.2, 0.25) is 0 Å². The zero-order chi connectivity index (χ0) is 12.4. The first-order chi connectivity index (χ1) is 8.83. The van der Waals surface area contributed by atoms with E-state index in [-0.39, 0.29) is 0 Å². The molecule has 1 aromatic carbocycles. The first-order valence-corrected chi connectivity index (χ1v) is 6.29. The number of anilines is 1. The molecule has 1 fully saturated rings. The minimum absolute atomic E-state index is 0.387. The summed E-state index contributed by atoms with van der Waals surface area (Å²) >= 11 is 0. The highest BCUT2D eigenvalue weighted by molar-refractivity contribution is 5.79. The summed E-state index contributed by atoms with van der Waals surface area (Å²) in [5, 5.41) is 6.85. The van der Waals surface area contributed by atoms with E-state index >= 15 is 0 Å². The maximum absolute atomic E-state index is 5.43. The second-order valence-electron chi connectivity index (χ2n) is 4.67. The molecule has 3 rings (SSSR count). The largest absolute Gasteiger partial charge is 0.383 e. The molecule has 96 valence electrons. The molecule has 1 aliphatic heterocycles. The lowest BCUT2D eigenvalue weighted by atomic mass is 10.2. The van der Waals surface area contributed by atoms with E-state index in [2.05, 4.69) is 33.8 Å². The first-order valence-electron chi connectivity index (χ1n) is 6.29. The van der Waals surface area contributed by atoms with Crippen LogP contribution in [0.3, 0.4) is 0 Å². The van der Waals surface area contributed by atoms with Crippen molar-refractivity contribution in [3.63, 3.8) is 0 Å². The lowest BCUT2D eigenvalue weighted by Crippen LogP contribution is -2.45. The van der Waals surface area contributed by atoms with Crippen LogP contribution in [0.25, 0.3) is 11.0 Å². The maximum Gasteiger partial charge on any atom is 0.0955 e. The monoisotopic (exact) mass is 246 g/mol. The second-order valence-corrected chi connectivity index (χ2v) is 4.67. The van der Waals surface area contributed by atoms with Gasteiger partial charge in [0.25, 0.3) is 0 Å². The van der Waals surface area contributed by atoms with Gasteiger partial charge in [-0.3, -0.25) is 0 Å². The lowest BCUT2D eigenvalue weighted by molar-refractivity contribution is 0.0806. The van der Waals surface area contributed by atoms with Gasteiger partial charge in [0.05, 0.1) is 30.6 Å². The second kappa shape index (κ2) is 4.96. The zero-order valence-corrected chi connectivity index (χ0v) is 10.5. The molecule has 0 spiro atoms. The molecule has 0 bridgehead atoms. The molecule has 5 heteroatoms. The van der Waals surface area contributed by atoms with Crippen LogP contribution in [-0.4, -0.2) is 41.9 Å². The highest BCUT2D eigenvalue weighted by Crippen LogP contribution is 2.17. The average Bonchev–Trinajstić information content (AvgIpc) is 2.79. The van der Waals surface area contributed by atoms with Crippen LogP contribution in [-0.2, 0) is 11.8 Å². The van der Waals surface area contributed by atoms with Crippen LogP contribution in [0.5, 0.6) is 0 Å². The minimum Gasteiger partial charge on any atom is -0.383 e. The van der Waals surface area contributed by atoms with Gasteiger partial charge in [-0.25, -0.2) is 4.98 Å². The molecule has 0 aliphatic carbocycles. The molecule has 0 saturated carbocycles. The highest BCUT2D eigenvalue weighted by atomic mass is 16.5. The summed E-state index contributed by atoms with van der Waals surface area (Å²) in [6.07, 6.45) is 1.84. The molecule has 0 radical (unpaired) electrons. The van der Waals surface area contributed by atoms with E-state index in [1.54, 1.807) is 0 Å². The number of nitrogens with zero attached hydrogens (tertiary/aromatic N) is 2. The number of morpholine rings is 1. The molecule has 1 atom stereocenters. The smallest absolute Gasteiger partial charge is 0.0955 e. The minimum atomic E-state index is 0.387. The molecule has 18 heavy (non-hydrogen) atoms. The Morgan fingerprint density at radius 1 is 1.56 bits per heavy atom. The molecule has 5 nitrogen and oxygen atoms in total. The molecule has 1 unspecified atom stereocenters. The van der Waals surface area contributed by atoms with Gasteiger partial charge in [0.2, 0.25) is 0 Å². The number of benzene rings is 1. The molecule has 2 heterocycles. The summed E-state index contributed by atoms with van der Waals surface area (Å²) in [4.78, 5) is 4.36. The van der Waals surface area contributed by atoms with Crippen molar-refractivity contribution in [1.82, 2.24) is 14.9 Å². The molecule has 1 aliphatic rings. The molecule has 2 N–H and O–H groups in total. The van der Waals surface area contributed by atoms with Crippen molar-refractivity contribution >= 4 is 16.7 Å². The standard InChI is InChI=1S/C13H18N4O/c1-17-9-16-12-6-10(2-3-13(12)17)15-7-11-8-18-5-4-14-11/h2-3,6,9,11,14-15H,4-5,7-8H2,1H3. The van der Waals surface area contributed by atoms with Crippen LogP contribution in [0.15, 0.2) is 24.5 Å². The lowest BCUT2D eigenvalue weighted by Gasteiger charge is -2.24. The van der Waals surface area contributed by atoms with Gasteiger partial charge in [-0.2, -0.15) is 0 Å². The Labute approximate surface area is 106 Å². The number of rotatable bonds is 3. The Morgan fingerprint density at radius 2 is 2.50 bits per heavy atom. The Kier molecular flexibility index (Phi) is 3.17. The van der Waals surface area contributed by atoms with Gasteiger partial charge >= 0.3 is 0 Å². The summed E-state index contributed by atoms with van der Waals surface area (Å²) in [5.74, 6) is 0. The van der Waals surface area contributed by atoms with Crippen molar-refractivity contribution in [3.8, 4) is 0 Å². The number of imidazole rings is 1. The Hall–Kier alpha value is -1.59. The number of nitrogens with one attached hydrogen (secondary N) is 2. The van der Waals surface area contributed by atoms with Crippen LogP contribution in [0.1, 0.15) is 0 Å². The third kappa shape index (κ3) is 2.32. The van der Waals surface area contributed by atoms with Crippen LogP contribution < -0.4 is 10.6 Å². The summed E-state index contributed by atoms with van der Waals surface area (Å²) in [6.45, 7) is 3.40. The van der Waals surface area contributed by atoms with Crippen LogP contribution in [0, 0.1) is 0 Å². The molecular formula is C13H18N4O.